The maximum Gasteiger partial charge on any atom is 0.336 e. The van der Waals surface area contributed by atoms with Crippen molar-refractivity contribution in [2.75, 3.05) is 0 Å². The lowest BCUT2D eigenvalue weighted by molar-refractivity contribution is 0.0682. The molecule has 156 valence electrons. The van der Waals surface area contributed by atoms with Crippen molar-refractivity contribution in [1.29, 1.82) is 0 Å². The summed E-state index contributed by atoms with van der Waals surface area (Å²) in [6, 6.07) is 14.2. The molecule has 0 amide bonds. The first-order valence-corrected chi connectivity index (χ1v) is 10.3. The van der Waals surface area contributed by atoms with Crippen LogP contribution in [0.5, 0.6) is 0 Å². The topological polar surface area (TPSA) is 74.6 Å². The van der Waals surface area contributed by atoms with Crippen LogP contribution in [0.4, 0.5) is 0 Å². The third kappa shape index (κ3) is 3.44. The minimum atomic E-state index is -0.956. The van der Waals surface area contributed by atoms with Crippen molar-refractivity contribution >= 4 is 11.9 Å². The number of aromatic carboxylic acids is 2. The van der Waals surface area contributed by atoms with Crippen molar-refractivity contribution < 1.29 is 19.8 Å². The Bertz CT molecular complexity index is 1130. The smallest absolute Gasteiger partial charge is 0.336 e. The van der Waals surface area contributed by atoms with E-state index >= 15 is 0 Å². The first-order valence-electron chi connectivity index (χ1n) is 10.3. The van der Waals surface area contributed by atoms with Crippen LogP contribution in [-0.2, 0) is 10.8 Å². The van der Waals surface area contributed by atoms with E-state index < -0.39 is 22.8 Å². The lowest BCUT2D eigenvalue weighted by atomic mass is 9.63. The molecule has 2 aliphatic carbocycles. The normalized spacial score (nSPS) is 18.4. The molecule has 0 aliphatic heterocycles. The predicted octanol–water partition coefficient (Wildman–Crippen LogP) is 5.54. The number of rotatable bonds is 7. The summed E-state index contributed by atoms with van der Waals surface area (Å²) >= 11 is 0. The molecule has 0 radical (unpaired) electrons. The van der Waals surface area contributed by atoms with Gasteiger partial charge in [-0.15, -0.1) is 0 Å². The summed E-state index contributed by atoms with van der Waals surface area (Å²) in [4.78, 5) is 23.9. The van der Waals surface area contributed by atoms with Gasteiger partial charge in [-0.25, -0.2) is 9.59 Å². The van der Waals surface area contributed by atoms with Crippen molar-refractivity contribution in [3.63, 3.8) is 0 Å². The monoisotopic (exact) mass is 412 g/mol. The number of carboxylic acids is 2. The predicted molar refractivity (Wildman–Crippen MR) is 120 cm³/mol. The molecule has 2 aliphatic rings. The van der Waals surface area contributed by atoms with Crippen molar-refractivity contribution in [2.45, 2.75) is 24.2 Å². The van der Waals surface area contributed by atoms with Crippen LogP contribution < -0.4 is 0 Å². The number of carbonyl (C=O) groups is 2. The van der Waals surface area contributed by atoms with E-state index in [1.807, 2.05) is 60.7 Å². The van der Waals surface area contributed by atoms with Crippen LogP contribution in [0.3, 0.4) is 0 Å². The lowest BCUT2D eigenvalue weighted by Gasteiger charge is -2.39. The Morgan fingerprint density at radius 1 is 0.742 bits per heavy atom. The Labute approximate surface area is 181 Å². The molecule has 0 aromatic heterocycles. The van der Waals surface area contributed by atoms with E-state index in [0.29, 0.717) is 6.42 Å². The molecule has 0 fully saturated rings. The van der Waals surface area contributed by atoms with Crippen LogP contribution in [0, 0.1) is 5.92 Å². The van der Waals surface area contributed by atoms with Crippen molar-refractivity contribution in [1.82, 2.24) is 0 Å². The van der Waals surface area contributed by atoms with Crippen LogP contribution in [-0.4, -0.2) is 22.2 Å². The van der Waals surface area contributed by atoms with Crippen LogP contribution in [0.15, 0.2) is 97.1 Å². The molecule has 2 aromatic rings. The number of hydrogen-bond acceptors (Lipinski definition) is 2. The van der Waals surface area contributed by atoms with Gasteiger partial charge in [0.25, 0.3) is 0 Å². The molecular formula is C27H24O4. The molecule has 0 saturated heterocycles. The summed E-state index contributed by atoms with van der Waals surface area (Å²) in [5, 5.41) is 19.6. The zero-order valence-electron chi connectivity index (χ0n) is 17.2. The molecule has 0 saturated carbocycles. The molecule has 0 spiro atoms. The average molecular weight is 412 g/mol. The van der Waals surface area contributed by atoms with Crippen LogP contribution in [0.2, 0.25) is 0 Å². The van der Waals surface area contributed by atoms with Crippen molar-refractivity contribution in [3.8, 4) is 0 Å². The standard InChI is InChI=1S/C27H24O4/c1-19(27(16-8-9-17-27)23-13-5-3-11-21(23)25(30)31)18-26(14-6-7-15-26)22-12-4-2-10-20(22)24(28)29/h2-17,19H,18H2,1H3,(H,28,29)(H,30,31). The molecule has 31 heavy (non-hydrogen) atoms. The van der Waals surface area contributed by atoms with E-state index in [9.17, 15) is 19.8 Å². The average Bonchev–Trinajstić information content (AvgIpc) is 3.45. The lowest BCUT2D eigenvalue weighted by Crippen LogP contribution is -2.36. The fraction of sp³-hybridized carbons (Fsp3) is 0.185. The Balaban J connectivity index is 1.81. The van der Waals surface area contributed by atoms with Gasteiger partial charge < -0.3 is 10.2 Å². The highest BCUT2D eigenvalue weighted by Gasteiger charge is 2.42. The van der Waals surface area contributed by atoms with Gasteiger partial charge in [-0.3, -0.25) is 0 Å². The second kappa shape index (κ2) is 7.88. The summed E-state index contributed by atoms with van der Waals surface area (Å²) in [5.74, 6) is -1.93. The Hall–Kier alpha value is -3.66. The molecule has 1 unspecified atom stereocenters. The van der Waals surface area contributed by atoms with Gasteiger partial charge in [-0.05, 0) is 35.6 Å². The fourth-order valence-electron chi connectivity index (χ4n) is 4.99. The Morgan fingerprint density at radius 3 is 1.74 bits per heavy atom. The second-order valence-corrected chi connectivity index (χ2v) is 8.22. The molecule has 4 heteroatoms. The highest BCUT2D eigenvalue weighted by molar-refractivity contribution is 5.91. The fourth-order valence-corrected chi connectivity index (χ4v) is 4.99. The quantitative estimate of drug-likeness (QED) is 0.626. The Morgan fingerprint density at radius 2 is 1.19 bits per heavy atom. The number of allylic oxidation sites excluding steroid dienone is 8. The molecular weight excluding hydrogens is 388 g/mol. The number of benzene rings is 2. The van der Waals surface area contributed by atoms with Gasteiger partial charge in [-0.2, -0.15) is 0 Å². The summed E-state index contributed by atoms with van der Waals surface area (Å²) in [6.07, 6.45) is 16.6. The van der Waals surface area contributed by atoms with E-state index in [-0.39, 0.29) is 17.0 Å². The molecule has 0 heterocycles. The largest absolute Gasteiger partial charge is 0.478 e. The number of hydrogen-bond donors (Lipinski definition) is 2. The summed E-state index contributed by atoms with van der Waals surface area (Å²) in [6.45, 7) is 2.10. The van der Waals surface area contributed by atoms with Gasteiger partial charge >= 0.3 is 11.9 Å². The minimum Gasteiger partial charge on any atom is -0.478 e. The zero-order valence-corrected chi connectivity index (χ0v) is 17.2. The second-order valence-electron chi connectivity index (χ2n) is 8.22. The highest BCUT2D eigenvalue weighted by atomic mass is 16.4. The summed E-state index contributed by atoms with van der Waals surface area (Å²) in [7, 11) is 0. The van der Waals surface area contributed by atoms with Crippen molar-refractivity contribution in [3.05, 3.63) is 119 Å². The van der Waals surface area contributed by atoms with Gasteiger partial charge in [0.05, 0.1) is 11.1 Å². The van der Waals surface area contributed by atoms with Gasteiger partial charge in [-0.1, -0.05) is 91.9 Å². The molecule has 2 aromatic carbocycles. The highest BCUT2D eigenvalue weighted by Crippen LogP contribution is 2.48. The van der Waals surface area contributed by atoms with E-state index in [1.165, 1.54) is 0 Å². The third-order valence-corrected chi connectivity index (χ3v) is 6.50. The minimum absolute atomic E-state index is 0.0164. The molecule has 2 N–H and O–H groups in total. The van der Waals surface area contributed by atoms with E-state index in [2.05, 4.69) is 19.1 Å². The van der Waals surface area contributed by atoms with E-state index in [0.717, 1.165) is 11.1 Å². The Kier molecular flexibility index (Phi) is 5.24. The summed E-state index contributed by atoms with van der Waals surface area (Å²) in [5.41, 5.74) is 0.875. The molecule has 4 nitrogen and oxygen atoms in total. The molecule has 4 rings (SSSR count). The molecule has 0 bridgehead atoms. The van der Waals surface area contributed by atoms with E-state index in [1.54, 1.807) is 24.3 Å². The van der Waals surface area contributed by atoms with Crippen LogP contribution in [0.1, 0.15) is 45.2 Å². The van der Waals surface area contributed by atoms with Gasteiger partial charge in [0, 0.05) is 10.8 Å². The first kappa shape index (κ1) is 20.6. The maximum absolute atomic E-state index is 12.0. The maximum atomic E-state index is 12.0. The van der Waals surface area contributed by atoms with Crippen LogP contribution >= 0.6 is 0 Å². The number of carboxylic acid groups (broad SMARTS) is 2. The first-order chi connectivity index (χ1) is 14.9. The third-order valence-electron chi connectivity index (χ3n) is 6.50. The van der Waals surface area contributed by atoms with E-state index in [4.69, 9.17) is 0 Å². The SMILES string of the molecule is CC(CC1(c2ccccc2C(=O)O)C=CC=C1)C1(c2ccccc2C(=O)O)C=CC=C1. The summed E-state index contributed by atoms with van der Waals surface area (Å²) < 4.78 is 0. The van der Waals surface area contributed by atoms with Gasteiger partial charge in [0.15, 0.2) is 0 Å². The zero-order chi connectivity index (χ0) is 22.1. The molecule has 1 atom stereocenters. The van der Waals surface area contributed by atoms with Crippen molar-refractivity contribution in [2.24, 2.45) is 5.92 Å². The van der Waals surface area contributed by atoms with Crippen LogP contribution in [0.25, 0.3) is 0 Å². The van der Waals surface area contributed by atoms with Gasteiger partial charge in [0.2, 0.25) is 0 Å². The van der Waals surface area contributed by atoms with Gasteiger partial charge in [0.1, 0.15) is 0 Å².